The highest BCUT2D eigenvalue weighted by molar-refractivity contribution is 6.30. The highest BCUT2D eigenvalue weighted by Crippen LogP contribution is 2.38. The number of phenolic OH excluding ortho intramolecular Hbond substituents is 1. The van der Waals surface area contributed by atoms with Crippen molar-refractivity contribution in [3.8, 4) is 5.75 Å². The van der Waals surface area contributed by atoms with E-state index in [1.165, 1.54) is 28.8 Å². The number of carbonyl (C=O) groups is 2. The lowest BCUT2D eigenvalue weighted by Gasteiger charge is -2.20. The molecule has 0 amide bonds. The molecule has 0 saturated carbocycles. The molecule has 7 heteroatoms. The van der Waals surface area contributed by atoms with E-state index in [0.717, 1.165) is 6.07 Å². The van der Waals surface area contributed by atoms with Crippen molar-refractivity contribution in [2.24, 2.45) is 5.92 Å². The van der Waals surface area contributed by atoms with Crippen molar-refractivity contribution < 1.29 is 24.2 Å². The number of phenols is 1. The second-order valence-electron chi connectivity index (χ2n) is 7.17. The van der Waals surface area contributed by atoms with Gasteiger partial charge in [0.15, 0.2) is 0 Å². The van der Waals surface area contributed by atoms with E-state index in [0.29, 0.717) is 28.6 Å². The Kier molecular flexibility index (Phi) is 5.66. The van der Waals surface area contributed by atoms with Crippen LogP contribution in [0.4, 0.5) is 4.39 Å². The van der Waals surface area contributed by atoms with Crippen LogP contribution in [0.25, 0.3) is 10.9 Å². The predicted octanol–water partition coefficient (Wildman–Crippen LogP) is 5.35. The molecule has 0 aliphatic rings. The molecule has 0 saturated heterocycles. The first-order valence-corrected chi connectivity index (χ1v) is 9.61. The summed E-state index contributed by atoms with van der Waals surface area (Å²) in [7, 11) is 0. The zero-order valence-corrected chi connectivity index (χ0v) is 17.0. The van der Waals surface area contributed by atoms with Gasteiger partial charge in [-0.15, -0.1) is 0 Å². The quantitative estimate of drug-likeness (QED) is 0.586. The molecule has 1 heterocycles. The Morgan fingerprint density at radius 1 is 1.21 bits per heavy atom. The van der Waals surface area contributed by atoms with E-state index in [4.69, 9.17) is 11.6 Å². The van der Waals surface area contributed by atoms with Gasteiger partial charge in [-0.25, -0.2) is 4.39 Å². The van der Waals surface area contributed by atoms with E-state index in [1.807, 2.05) is 13.8 Å². The number of benzene rings is 2. The number of carbonyl (C=O) groups excluding carboxylic acids is 1. The van der Waals surface area contributed by atoms with E-state index in [1.54, 1.807) is 13.0 Å². The first kappa shape index (κ1) is 20.9. The topological polar surface area (TPSA) is 79.5 Å². The highest BCUT2D eigenvalue weighted by Gasteiger charge is 2.32. The van der Waals surface area contributed by atoms with Gasteiger partial charge in [0, 0.05) is 16.6 Å². The first-order valence-electron chi connectivity index (χ1n) is 9.23. The summed E-state index contributed by atoms with van der Waals surface area (Å²) in [6.07, 6.45) is 0.623. The molecule has 2 atom stereocenters. The Balaban J connectivity index is 2.31. The number of nitrogens with zero attached hydrogens (tertiary/aromatic N) is 1. The largest absolute Gasteiger partial charge is 0.508 e. The molecule has 1 aromatic heterocycles. The summed E-state index contributed by atoms with van der Waals surface area (Å²) in [6, 6.07) is 8.22. The highest BCUT2D eigenvalue weighted by atomic mass is 35.5. The molecule has 1 unspecified atom stereocenters. The summed E-state index contributed by atoms with van der Waals surface area (Å²) >= 11 is 5.72. The van der Waals surface area contributed by atoms with Crippen LogP contribution in [0.2, 0.25) is 5.02 Å². The van der Waals surface area contributed by atoms with Crippen LogP contribution in [0.15, 0.2) is 36.4 Å². The Hall–Kier alpha value is -2.86. The molecule has 5 nitrogen and oxygen atoms in total. The third kappa shape index (κ3) is 3.60. The molecule has 2 N–H and O–H groups in total. The van der Waals surface area contributed by atoms with Gasteiger partial charge >= 0.3 is 5.97 Å². The maximum absolute atomic E-state index is 13.9. The minimum atomic E-state index is -1.00. The van der Waals surface area contributed by atoms with Crippen LogP contribution in [0.5, 0.6) is 5.75 Å². The van der Waals surface area contributed by atoms with Gasteiger partial charge < -0.3 is 10.2 Å². The Morgan fingerprint density at radius 3 is 2.48 bits per heavy atom. The molecule has 152 valence electrons. The maximum atomic E-state index is 13.9. The third-order valence-corrected chi connectivity index (χ3v) is 5.70. The summed E-state index contributed by atoms with van der Waals surface area (Å²) < 4.78 is 15.3. The van der Waals surface area contributed by atoms with Gasteiger partial charge in [-0.3, -0.25) is 14.2 Å². The summed E-state index contributed by atoms with van der Waals surface area (Å²) in [5.74, 6) is -3.32. The van der Waals surface area contributed by atoms with Gasteiger partial charge in [-0.05, 0) is 54.8 Å². The minimum absolute atomic E-state index is 0.0332. The van der Waals surface area contributed by atoms with Crippen molar-refractivity contribution in [2.45, 2.75) is 33.1 Å². The fourth-order valence-electron chi connectivity index (χ4n) is 3.73. The van der Waals surface area contributed by atoms with Crippen molar-refractivity contribution in [1.29, 1.82) is 0 Å². The van der Waals surface area contributed by atoms with E-state index >= 15 is 0 Å². The standard InChI is InChI=1S/C22H21ClFNO4/c1-4-11(2)19(22(28)29)20-12(3)25(18-8-6-14(26)10-15(18)20)21(27)13-5-7-16(23)17(24)9-13/h5-11,19,26H,4H2,1-3H3,(H,28,29)/t11-,19?/m1/s1. The van der Waals surface area contributed by atoms with Crippen LogP contribution in [0.1, 0.15) is 47.8 Å². The van der Waals surface area contributed by atoms with Crippen LogP contribution in [-0.2, 0) is 4.79 Å². The van der Waals surface area contributed by atoms with Crippen molar-refractivity contribution in [3.63, 3.8) is 0 Å². The fraction of sp³-hybridized carbons (Fsp3) is 0.273. The molecule has 0 fully saturated rings. The maximum Gasteiger partial charge on any atom is 0.311 e. The molecular formula is C22H21ClFNO4. The smallest absolute Gasteiger partial charge is 0.311 e. The van der Waals surface area contributed by atoms with E-state index in [-0.39, 0.29) is 22.3 Å². The van der Waals surface area contributed by atoms with E-state index < -0.39 is 23.6 Å². The van der Waals surface area contributed by atoms with Crippen molar-refractivity contribution in [1.82, 2.24) is 4.57 Å². The number of hydrogen-bond acceptors (Lipinski definition) is 3. The SMILES string of the molecule is CC[C@@H](C)C(C(=O)O)c1c(C)n(C(=O)c2ccc(Cl)c(F)c2)c2ccc(O)cc12. The van der Waals surface area contributed by atoms with E-state index in [9.17, 15) is 24.2 Å². The molecule has 2 aromatic carbocycles. The Morgan fingerprint density at radius 2 is 1.90 bits per heavy atom. The number of rotatable bonds is 5. The number of aromatic hydroxyl groups is 1. The number of halogens is 2. The van der Waals surface area contributed by atoms with Crippen molar-refractivity contribution >= 4 is 34.4 Å². The molecule has 3 aromatic rings. The number of aromatic nitrogens is 1. The molecule has 0 radical (unpaired) electrons. The predicted molar refractivity (Wildman–Crippen MR) is 109 cm³/mol. The van der Waals surface area contributed by atoms with Gasteiger partial charge in [0.1, 0.15) is 11.6 Å². The van der Waals surface area contributed by atoms with Gasteiger partial charge in [0.2, 0.25) is 0 Å². The first-order chi connectivity index (χ1) is 13.7. The molecule has 0 aliphatic heterocycles. The summed E-state index contributed by atoms with van der Waals surface area (Å²) in [4.78, 5) is 25.3. The number of carboxylic acids is 1. The lowest BCUT2D eigenvalue weighted by atomic mass is 9.84. The van der Waals surface area contributed by atoms with Gasteiger partial charge in [0.25, 0.3) is 5.91 Å². The van der Waals surface area contributed by atoms with Gasteiger partial charge in [-0.1, -0.05) is 31.9 Å². The Labute approximate surface area is 172 Å². The number of aliphatic carboxylic acids is 1. The number of fused-ring (bicyclic) bond motifs is 1. The van der Waals surface area contributed by atoms with Crippen molar-refractivity contribution in [3.05, 3.63) is 64.1 Å². The second-order valence-corrected chi connectivity index (χ2v) is 7.58. The monoisotopic (exact) mass is 417 g/mol. The average Bonchev–Trinajstić information content (AvgIpc) is 2.94. The minimum Gasteiger partial charge on any atom is -0.508 e. The van der Waals surface area contributed by atoms with Gasteiger partial charge in [0.05, 0.1) is 16.5 Å². The van der Waals surface area contributed by atoms with Crippen LogP contribution in [0, 0.1) is 18.7 Å². The number of carboxylic acid groups (broad SMARTS) is 1. The molecule has 0 spiro atoms. The van der Waals surface area contributed by atoms with Crippen LogP contribution < -0.4 is 0 Å². The fourth-order valence-corrected chi connectivity index (χ4v) is 3.85. The molecule has 3 rings (SSSR count). The summed E-state index contributed by atoms with van der Waals surface area (Å²) in [5, 5.41) is 20.3. The third-order valence-electron chi connectivity index (χ3n) is 5.40. The van der Waals surface area contributed by atoms with E-state index in [2.05, 4.69) is 0 Å². The second kappa shape index (κ2) is 7.87. The lowest BCUT2D eigenvalue weighted by Crippen LogP contribution is -2.21. The van der Waals surface area contributed by atoms with Crippen molar-refractivity contribution in [2.75, 3.05) is 0 Å². The van der Waals surface area contributed by atoms with Gasteiger partial charge in [-0.2, -0.15) is 0 Å². The summed E-state index contributed by atoms with van der Waals surface area (Å²) in [5.41, 5.74) is 1.45. The molecular weight excluding hydrogens is 397 g/mol. The summed E-state index contributed by atoms with van der Waals surface area (Å²) in [6.45, 7) is 5.39. The van der Waals surface area contributed by atoms with Crippen LogP contribution in [-0.4, -0.2) is 26.7 Å². The lowest BCUT2D eigenvalue weighted by molar-refractivity contribution is -0.140. The molecule has 29 heavy (non-hydrogen) atoms. The van der Waals surface area contributed by atoms with Crippen LogP contribution >= 0.6 is 11.6 Å². The molecule has 0 bridgehead atoms. The zero-order chi connectivity index (χ0) is 21.5. The number of hydrogen-bond donors (Lipinski definition) is 2. The Bertz CT molecular complexity index is 1120. The zero-order valence-electron chi connectivity index (χ0n) is 16.2. The normalized spacial score (nSPS) is 13.4. The van der Waals surface area contributed by atoms with Crippen LogP contribution in [0.3, 0.4) is 0 Å². The molecule has 0 aliphatic carbocycles. The average molecular weight is 418 g/mol.